The normalized spacial score (nSPS) is 12.7. The van der Waals surface area contributed by atoms with E-state index in [4.69, 9.17) is 14.4 Å². The van der Waals surface area contributed by atoms with Crippen LogP contribution in [0, 0.1) is 0 Å². The first-order chi connectivity index (χ1) is 29.8. The second-order valence-corrected chi connectivity index (χ2v) is 17.0. The molecule has 0 unspecified atom stereocenters. The van der Waals surface area contributed by atoms with Crippen LogP contribution < -0.4 is 0 Å². The molecule has 0 atom stereocenters. The summed E-state index contributed by atoms with van der Waals surface area (Å²) in [5, 5.41) is 14.1. The van der Waals surface area contributed by atoms with Gasteiger partial charge >= 0.3 is 0 Å². The van der Waals surface area contributed by atoms with Crippen molar-refractivity contribution in [3.63, 3.8) is 0 Å². The van der Waals surface area contributed by atoms with E-state index in [-0.39, 0.29) is 0 Å². The minimum absolute atomic E-state index is 0.650. The minimum atomic E-state index is 0.650. The van der Waals surface area contributed by atoms with Crippen molar-refractivity contribution in [1.82, 2.24) is 18.9 Å². The lowest BCUT2D eigenvalue weighted by Crippen LogP contribution is -2.03. The molecule has 0 spiro atoms. The fourth-order valence-corrected chi connectivity index (χ4v) is 11.8. The van der Waals surface area contributed by atoms with Crippen molar-refractivity contribution >= 4 is 124 Å². The number of hydrogen-bond donors (Lipinski definition) is 0. The maximum absolute atomic E-state index is 6.69. The van der Waals surface area contributed by atoms with E-state index in [9.17, 15) is 0 Å². The number of aromatic nitrogens is 4. The molecule has 0 saturated carbocycles. The Morgan fingerprint density at radius 2 is 1.02 bits per heavy atom. The highest BCUT2D eigenvalue weighted by molar-refractivity contribution is 7.25. The summed E-state index contributed by atoms with van der Waals surface area (Å²) < 4.78 is 12.6. The summed E-state index contributed by atoms with van der Waals surface area (Å²) in [7, 11) is 0. The summed E-state index contributed by atoms with van der Waals surface area (Å²) in [5.74, 6) is 0.650. The summed E-state index contributed by atoms with van der Waals surface area (Å²) in [4.78, 5) is 12.3. The molecule has 0 N–H and O–H groups in total. The van der Waals surface area contributed by atoms with E-state index in [1.54, 1.807) is 11.3 Å². The van der Waals surface area contributed by atoms with Crippen LogP contribution in [-0.4, -0.2) is 18.9 Å². The Bertz CT molecular complexity index is 4240. The van der Waals surface area contributed by atoms with Crippen LogP contribution in [0.3, 0.4) is 0 Å². The lowest BCUT2D eigenvalue weighted by Gasteiger charge is -2.18. The first-order valence-corrected chi connectivity index (χ1v) is 21.2. The van der Waals surface area contributed by atoms with Gasteiger partial charge in [-0.15, -0.1) is 11.3 Å². The molecule has 0 aliphatic heterocycles. The minimum Gasteiger partial charge on any atom is -0.456 e. The van der Waals surface area contributed by atoms with Gasteiger partial charge in [0, 0.05) is 48.0 Å². The Morgan fingerprint density at radius 3 is 1.82 bits per heavy atom. The SMILES string of the molecule is c1ccc(-c2c3ccccc3c(-c3nc(-n4c5ccc6oc7ccc8c9ccccc9n9c%10cccc4c%10c5c6c7c89)nc4sc5ccccc5c34)c3ccccc23)cc1. The van der Waals surface area contributed by atoms with Crippen LogP contribution >= 0.6 is 11.3 Å². The Kier molecular flexibility index (Phi) is 5.74. The van der Waals surface area contributed by atoms with Gasteiger partial charge < -0.3 is 8.82 Å². The predicted molar refractivity (Wildman–Crippen MR) is 251 cm³/mol. The van der Waals surface area contributed by atoms with Crippen molar-refractivity contribution in [2.45, 2.75) is 0 Å². The van der Waals surface area contributed by atoms with Gasteiger partial charge in [-0.05, 0) is 81.2 Å². The van der Waals surface area contributed by atoms with Crippen LogP contribution in [0.1, 0.15) is 0 Å². The fourth-order valence-electron chi connectivity index (χ4n) is 10.8. The smallest absolute Gasteiger partial charge is 0.236 e. The zero-order valence-corrected chi connectivity index (χ0v) is 32.6. The molecule has 15 aromatic rings. The second kappa shape index (κ2) is 11.0. The molecular weight excluding hydrogens is 753 g/mol. The van der Waals surface area contributed by atoms with E-state index in [2.05, 4.69) is 179 Å². The second-order valence-electron chi connectivity index (χ2n) is 16.0. The molecule has 0 bridgehead atoms. The Hall–Kier alpha value is -7.80. The van der Waals surface area contributed by atoms with Gasteiger partial charge in [0.15, 0.2) is 0 Å². The third kappa shape index (κ3) is 3.74. The van der Waals surface area contributed by atoms with E-state index in [1.807, 2.05) is 0 Å². The van der Waals surface area contributed by atoms with E-state index in [0.29, 0.717) is 5.95 Å². The number of rotatable bonds is 3. The number of thiophene rings is 1. The maximum atomic E-state index is 6.69. The quantitative estimate of drug-likeness (QED) is 0.168. The monoisotopic (exact) mass is 780 g/mol. The standard InChI is InChI=1S/C54H28N4OS/c1-2-13-29(14-3-1)44-31-16-4-6-18-33(31)45(34-19-7-5-17-32(34)44)51-46-36-20-9-11-24-43(36)60-53(46)56-54(55-51)58-39-23-12-22-38-47(39)48-40(58)26-28-41-49(48)50-42(59-41)27-25-35-30-15-8-10-21-37(30)57(38)52(35)50/h1-28H. The van der Waals surface area contributed by atoms with Gasteiger partial charge in [0.1, 0.15) is 16.0 Å². The van der Waals surface area contributed by atoms with Crippen molar-refractivity contribution in [3.8, 4) is 28.3 Å². The average Bonchev–Trinajstić information content (AvgIpc) is 4.03. The van der Waals surface area contributed by atoms with Crippen LogP contribution in [0.25, 0.3) is 141 Å². The molecule has 9 aromatic carbocycles. The summed E-state index contributed by atoms with van der Waals surface area (Å²) >= 11 is 1.74. The number of para-hydroxylation sites is 1. The Labute approximate surface area is 344 Å². The highest BCUT2D eigenvalue weighted by atomic mass is 32.1. The number of nitrogens with zero attached hydrogens (tertiary/aromatic N) is 4. The first kappa shape index (κ1) is 31.2. The third-order valence-corrected chi connectivity index (χ3v) is 14.1. The number of benzene rings is 9. The molecule has 0 fully saturated rings. The number of furan rings is 1. The zero-order chi connectivity index (χ0) is 38.8. The highest BCUT2D eigenvalue weighted by Gasteiger charge is 2.28. The lowest BCUT2D eigenvalue weighted by molar-refractivity contribution is 0.669. The van der Waals surface area contributed by atoms with Crippen LogP contribution in [-0.2, 0) is 0 Å². The van der Waals surface area contributed by atoms with Crippen LogP contribution in [0.5, 0.6) is 0 Å². The van der Waals surface area contributed by atoms with Crippen molar-refractivity contribution < 1.29 is 4.42 Å². The zero-order valence-electron chi connectivity index (χ0n) is 31.8. The van der Waals surface area contributed by atoms with Gasteiger partial charge in [-0.1, -0.05) is 121 Å². The van der Waals surface area contributed by atoms with Crippen molar-refractivity contribution in [3.05, 3.63) is 170 Å². The molecule has 0 aliphatic rings. The van der Waals surface area contributed by atoms with Crippen molar-refractivity contribution in [2.75, 3.05) is 0 Å². The molecule has 0 radical (unpaired) electrons. The average molecular weight is 781 g/mol. The molecule has 276 valence electrons. The third-order valence-electron chi connectivity index (χ3n) is 13.1. The number of hydrogen-bond acceptors (Lipinski definition) is 4. The van der Waals surface area contributed by atoms with E-state index < -0.39 is 0 Å². The van der Waals surface area contributed by atoms with Crippen LogP contribution in [0.2, 0.25) is 0 Å². The van der Waals surface area contributed by atoms with E-state index in [0.717, 1.165) is 70.7 Å². The van der Waals surface area contributed by atoms with E-state index in [1.165, 1.54) is 64.6 Å². The largest absolute Gasteiger partial charge is 0.456 e. The van der Waals surface area contributed by atoms with Gasteiger partial charge in [-0.25, -0.2) is 9.97 Å². The Balaban J connectivity index is 1.14. The van der Waals surface area contributed by atoms with Crippen LogP contribution in [0.15, 0.2) is 174 Å². The fraction of sp³-hybridized carbons (Fsp3) is 0. The summed E-state index contributed by atoms with van der Waals surface area (Å²) in [6, 6.07) is 61.3. The molecular formula is C54H28N4OS. The van der Waals surface area contributed by atoms with Crippen molar-refractivity contribution in [2.24, 2.45) is 0 Å². The molecule has 0 aliphatic carbocycles. The molecule has 0 amide bonds. The van der Waals surface area contributed by atoms with E-state index >= 15 is 0 Å². The molecule has 0 saturated heterocycles. The van der Waals surface area contributed by atoms with Crippen molar-refractivity contribution in [1.29, 1.82) is 0 Å². The van der Waals surface area contributed by atoms with Gasteiger partial charge in [-0.3, -0.25) is 4.57 Å². The van der Waals surface area contributed by atoms with Gasteiger partial charge in [0.25, 0.3) is 0 Å². The number of fused-ring (bicyclic) bond motifs is 9. The summed E-state index contributed by atoms with van der Waals surface area (Å²) in [6.45, 7) is 0. The van der Waals surface area contributed by atoms with Gasteiger partial charge in [0.2, 0.25) is 5.95 Å². The molecule has 6 aromatic heterocycles. The molecule has 60 heavy (non-hydrogen) atoms. The summed E-state index contributed by atoms with van der Waals surface area (Å²) in [5.41, 5.74) is 11.9. The van der Waals surface area contributed by atoms with Gasteiger partial charge in [0.05, 0.1) is 38.7 Å². The molecule has 5 nitrogen and oxygen atoms in total. The summed E-state index contributed by atoms with van der Waals surface area (Å²) in [6.07, 6.45) is 0. The maximum Gasteiger partial charge on any atom is 0.236 e. The Morgan fingerprint density at radius 1 is 0.400 bits per heavy atom. The predicted octanol–water partition coefficient (Wildman–Crippen LogP) is 14.9. The highest BCUT2D eigenvalue weighted by Crippen LogP contribution is 2.50. The lowest BCUT2D eigenvalue weighted by atomic mass is 9.86. The molecule has 6 heterocycles. The van der Waals surface area contributed by atoms with Gasteiger partial charge in [-0.2, -0.15) is 0 Å². The molecule has 15 rings (SSSR count). The van der Waals surface area contributed by atoms with Crippen LogP contribution in [0.4, 0.5) is 0 Å². The first-order valence-electron chi connectivity index (χ1n) is 20.3. The topological polar surface area (TPSA) is 48.3 Å². The molecule has 6 heteroatoms.